The molecular weight excluding hydrogens is 250 g/mol. The fraction of sp³-hybridized carbons (Fsp3) is 0.562. The van der Waals surface area contributed by atoms with Gasteiger partial charge in [-0.15, -0.1) is 0 Å². The largest absolute Gasteiger partial charge is 0.384 e. The first-order chi connectivity index (χ1) is 9.60. The van der Waals surface area contributed by atoms with Crippen LogP contribution >= 0.6 is 0 Å². The first-order valence-electron chi connectivity index (χ1n) is 7.44. The Bertz CT molecular complexity index is 473. The van der Waals surface area contributed by atoms with E-state index >= 15 is 0 Å². The summed E-state index contributed by atoms with van der Waals surface area (Å²) in [4.78, 5) is 14.7. The second kappa shape index (κ2) is 6.75. The highest BCUT2D eigenvalue weighted by Gasteiger charge is 2.22. The molecule has 4 nitrogen and oxygen atoms in total. The number of carbonyl (C=O) groups is 1. The number of hydrogen-bond acceptors (Lipinski definition) is 3. The summed E-state index contributed by atoms with van der Waals surface area (Å²) < 4.78 is 0. The Kier molecular flexibility index (Phi) is 5.01. The quantitative estimate of drug-likeness (QED) is 0.866. The summed E-state index contributed by atoms with van der Waals surface area (Å²) in [5.74, 6) is 0.0348. The Morgan fingerprint density at radius 1 is 1.45 bits per heavy atom. The number of benzene rings is 1. The van der Waals surface area contributed by atoms with E-state index in [0.29, 0.717) is 0 Å². The minimum Gasteiger partial charge on any atom is -0.384 e. The molecule has 0 aliphatic carbocycles. The maximum atomic E-state index is 12.5. The van der Waals surface area contributed by atoms with E-state index in [9.17, 15) is 4.79 Å². The molecule has 0 radical (unpaired) electrons. The lowest BCUT2D eigenvalue weighted by atomic mass is 10.1. The average molecular weight is 275 g/mol. The minimum absolute atomic E-state index is 0.0348. The number of likely N-dealkylation sites (N-methyl/N-ethyl adjacent to an activating group) is 1. The number of likely N-dealkylation sites (tertiary alicyclic amines) is 1. The van der Waals surface area contributed by atoms with Crippen molar-refractivity contribution in [1.82, 2.24) is 10.2 Å². The molecule has 1 aliphatic rings. The van der Waals surface area contributed by atoms with Gasteiger partial charge < -0.3 is 15.5 Å². The normalized spacial score (nSPS) is 19.1. The van der Waals surface area contributed by atoms with Gasteiger partial charge >= 0.3 is 0 Å². The molecule has 0 aromatic heterocycles. The van der Waals surface area contributed by atoms with Gasteiger partial charge in [-0.3, -0.25) is 4.79 Å². The van der Waals surface area contributed by atoms with Gasteiger partial charge in [0.15, 0.2) is 0 Å². The highest BCUT2D eigenvalue weighted by atomic mass is 16.1. The summed E-state index contributed by atoms with van der Waals surface area (Å²) in [5, 5.41) is 6.48. The first-order valence-corrected chi connectivity index (χ1v) is 7.44. The summed E-state index contributed by atoms with van der Waals surface area (Å²) in [7, 11) is 2.09. The van der Waals surface area contributed by atoms with Gasteiger partial charge in [0.25, 0.3) is 5.91 Å². The molecule has 1 unspecified atom stereocenters. The van der Waals surface area contributed by atoms with Gasteiger partial charge in [-0.1, -0.05) is 18.6 Å². The highest BCUT2D eigenvalue weighted by Crippen LogP contribution is 2.18. The van der Waals surface area contributed by atoms with E-state index in [2.05, 4.69) is 29.5 Å². The monoisotopic (exact) mass is 275 g/mol. The van der Waals surface area contributed by atoms with Crippen molar-refractivity contribution in [3.8, 4) is 0 Å². The standard InChI is InChI=1S/C16H25N3O/c1-4-8-17-15-6-5-12(2)10-14(15)16(20)18-13-7-9-19(3)11-13/h5-6,10,13,17H,4,7-9,11H2,1-3H3,(H,18,20). The maximum Gasteiger partial charge on any atom is 0.253 e. The molecule has 1 aromatic carbocycles. The lowest BCUT2D eigenvalue weighted by molar-refractivity contribution is 0.0939. The van der Waals surface area contributed by atoms with Gasteiger partial charge in [0.1, 0.15) is 0 Å². The number of nitrogens with zero attached hydrogens (tertiary/aromatic N) is 1. The molecule has 1 atom stereocenters. The van der Waals surface area contributed by atoms with Crippen molar-refractivity contribution in [2.75, 3.05) is 32.0 Å². The molecule has 1 heterocycles. The van der Waals surface area contributed by atoms with E-state index in [-0.39, 0.29) is 11.9 Å². The molecule has 4 heteroatoms. The summed E-state index contributed by atoms with van der Waals surface area (Å²) in [6.07, 6.45) is 2.08. The van der Waals surface area contributed by atoms with Crippen molar-refractivity contribution >= 4 is 11.6 Å². The molecule has 1 fully saturated rings. The zero-order valence-corrected chi connectivity index (χ0v) is 12.7. The predicted molar refractivity (Wildman–Crippen MR) is 83.3 cm³/mol. The van der Waals surface area contributed by atoms with Gasteiger partial charge in [0, 0.05) is 24.8 Å². The summed E-state index contributed by atoms with van der Waals surface area (Å²) in [6, 6.07) is 6.28. The van der Waals surface area contributed by atoms with Crippen LogP contribution in [-0.4, -0.2) is 43.5 Å². The van der Waals surface area contributed by atoms with Crippen LogP contribution < -0.4 is 10.6 Å². The van der Waals surface area contributed by atoms with Gasteiger partial charge in [-0.05, 0) is 45.5 Å². The van der Waals surface area contributed by atoms with Crippen LogP contribution in [0.25, 0.3) is 0 Å². The van der Waals surface area contributed by atoms with Crippen molar-refractivity contribution in [1.29, 1.82) is 0 Å². The third kappa shape index (κ3) is 3.73. The minimum atomic E-state index is 0.0348. The number of aryl methyl sites for hydroxylation is 1. The van der Waals surface area contributed by atoms with Gasteiger partial charge in [-0.2, -0.15) is 0 Å². The van der Waals surface area contributed by atoms with Crippen molar-refractivity contribution in [2.24, 2.45) is 0 Å². The second-order valence-electron chi connectivity index (χ2n) is 5.70. The summed E-state index contributed by atoms with van der Waals surface area (Å²) in [5.41, 5.74) is 2.80. The van der Waals surface area contributed by atoms with E-state index < -0.39 is 0 Å². The van der Waals surface area contributed by atoms with Crippen LogP contribution in [0.3, 0.4) is 0 Å². The number of nitrogens with one attached hydrogen (secondary N) is 2. The van der Waals surface area contributed by atoms with E-state index in [1.807, 2.05) is 25.1 Å². The molecule has 20 heavy (non-hydrogen) atoms. The zero-order valence-electron chi connectivity index (χ0n) is 12.7. The second-order valence-corrected chi connectivity index (χ2v) is 5.70. The topological polar surface area (TPSA) is 44.4 Å². The summed E-state index contributed by atoms with van der Waals surface area (Å²) >= 11 is 0. The zero-order chi connectivity index (χ0) is 14.5. The van der Waals surface area contributed by atoms with E-state index in [0.717, 1.165) is 49.3 Å². The number of rotatable bonds is 5. The van der Waals surface area contributed by atoms with E-state index in [1.165, 1.54) is 0 Å². The van der Waals surface area contributed by atoms with Crippen LogP contribution in [0.2, 0.25) is 0 Å². The van der Waals surface area contributed by atoms with Crippen molar-refractivity contribution in [2.45, 2.75) is 32.7 Å². The lowest BCUT2D eigenvalue weighted by Gasteiger charge is -2.16. The Morgan fingerprint density at radius 2 is 2.25 bits per heavy atom. The van der Waals surface area contributed by atoms with Crippen molar-refractivity contribution in [3.63, 3.8) is 0 Å². The third-order valence-corrected chi connectivity index (χ3v) is 3.71. The van der Waals surface area contributed by atoms with Crippen LogP contribution in [0.4, 0.5) is 5.69 Å². The van der Waals surface area contributed by atoms with Crippen LogP contribution in [0.5, 0.6) is 0 Å². The van der Waals surface area contributed by atoms with E-state index in [4.69, 9.17) is 0 Å². The van der Waals surface area contributed by atoms with Crippen LogP contribution in [0.1, 0.15) is 35.7 Å². The fourth-order valence-electron chi connectivity index (χ4n) is 2.58. The Morgan fingerprint density at radius 3 is 2.90 bits per heavy atom. The Balaban J connectivity index is 2.09. The first kappa shape index (κ1) is 14.9. The maximum absolute atomic E-state index is 12.5. The fourth-order valence-corrected chi connectivity index (χ4v) is 2.58. The molecule has 2 N–H and O–H groups in total. The molecule has 0 saturated carbocycles. The summed E-state index contributed by atoms with van der Waals surface area (Å²) in [6.45, 7) is 7.02. The van der Waals surface area contributed by atoms with Gasteiger partial charge in [0.2, 0.25) is 0 Å². The SMILES string of the molecule is CCCNc1ccc(C)cc1C(=O)NC1CCN(C)C1. The predicted octanol–water partition coefficient (Wildman–Crippen LogP) is 2.25. The lowest BCUT2D eigenvalue weighted by Crippen LogP contribution is -2.36. The molecule has 1 aromatic rings. The Hall–Kier alpha value is -1.55. The van der Waals surface area contributed by atoms with E-state index in [1.54, 1.807) is 0 Å². The van der Waals surface area contributed by atoms with Gasteiger partial charge in [-0.25, -0.2) is 0 Å². The molecule has 0 spiro atoms. The smallest absolute Gasteiger partial charge is 0.253 e. The van der Waals surface area contributed by atoms with Gasteiger partial charge in [0.05, 0.1) is 5.56 Å². The average Bonchev–Trinajstić information content (AvgIpc) is 2.82. The number of amides is 1. The molecule has 110 valence electrons. The number of hydrogen-bond donors (Lipinski definition) is 2. The third-order valence-electron chi connectivity index (χ3n) is 3.71. The van der Waals surface area contributed by atoms with Crippen LogP contribution in [0.15, 0.2) is 18.2 Å². The molecule has 1 aliphatic heterocycles. The molecule has 2 rings (SSSR count). The van der Waals surface area contributed by atoms with Crippen LogP contribution in [0, 0.1) is 6.92 Å². The molecule has 0 bridgehead atoms. The highest BCUT2D eigenvalue weighted by molar-refractivity contribution is 6.00. The number of anilines is 1. The number of carbonyl (C=O) groups excluding carboxylic acids is 1. The molecule has 1 amide bonds. The van der Waals surface area contributed by atoms with Crippen molar-refractivity contribution < 1.29 is 4.79 Å². The Labute approximate surface area is 121 Å². The van der Waals surface area contributed by atoms with Crippen molar-refractivity contribution in [3.05, 3.63) is 29.3 Å². The van der Waals surface area contributed by atoms with Crippen LogP contribution in [-0.2, 0) is 0 Å². The molecular formula is C16H25N3O. The molecule has 1 saturated heterocycles.